The van der Waals surface area contributed by atoms with Crippen molar-refractivity contribution in [1.29, 1.82) is 0 Å². The summed E-state index contributed by atoms with van der Waals surface area (Å²) in [4.78, 5) is 28.1. The Bertz CT molecular complexity index is 1090. The molecule has 3 heterocycles. The Morgan fingerprint density at radius 2 is 1.84 bits per heavy atom. The van der Waals surface area contributed by atoms with Gasteiger partial charge in [-0.1, -0.05) is 0 Å². The molecule has 7 nitrogen and oxygen atoms in total. The lowest BCUT2D eigenvalue weighted by Crippen LogP contribution is -2.52. The highest BCUT2D eigenvalue weighted by Gasteiger charge is 2.48. The zero-order valence-electron chi connectivity index (χ0n) is 17.0. The van der Waals surface area contributed by atoms with Crippen molar-refractivity contribution in [3.8, 4) is 11.3 Å². The van der Waals surface area contributed by atoms with Gasteiger partial charge < -0.3 is 14.2 Å². The summed E-state index contributed by atoms with van der Waals surface area (Å²) in [5, 5.41) is 0. The molecule has 2 saturated heterocycles. The number of thioether (sulfide) groups is 1. The molecule has 166 valence electrons. The number of carbonyl (C=O) groups excluding carboxylic acids is 2. The van der Waals surface area contributed by atoms with Crippen LogP contribution in [0.4, 0.5) is 0 Å². The third-order valence-electron chi connectivity index (χ3n) is 5.81. The van der Waals surface area contributed by atoms with E-state index in [9.17, 15) is 18.0 Å². The number of likely N-dealkylation sites (tertiary alicyclic amines) is 1. The maximum absolute atomic E-state index is 12.6. The van der Waals surface area contributed by atoms with E-state index in [1.807, 2.05) is 17.0 Å². The number of furan rings is 1. The second-order valence-electron chi connectivity index (χ2n) is 7.79. The maximum atomic E-state index is 12.6. The summed E-state index contributed by atoms with van der Waals surface area (Å²) in [5.74, 6) is 1.67. The molecule has 1 aromatic heterocycles. The molecule has 0 bridgehead atoms. The lowest BCUT2D eigenvalue weighted by molar-refractivity contribution is -0.134. The third kappa shape index (κ3) is 4.49. The molecule has 10 heteroatoms. The number of hydrogen-bond donors (Lipinski definition) is 0. The smallest absolute Gasteiger partial charge is 0.237 e. The van der Waals surface area contributed by atoms with Crippen LogP contribution in [0.3, 0.4) is 0 Å². The molecule has 0 N–H and O–H groups in total. The van der Waals surface area contributed by atoms with Crippen molar-refractivity contribution in [2.45, 2.75) is 29.2 Å². The molecule has 2 amide bonds. The predicted molar refractivity (Wildman–Crippen MR) is 120 cm³/mol. The van der Waals surface area contributed by atoms with Gasteiger partial charge in [-0.2, -0.15) is 0 Å². The molecule has 0 aliphatic carbocycles. The average molecular weight is 483 g/mol. The Balaban J connectivity index is 1.48. The molecule has 2 aliphatic rings. The third-order valence-corrected chi connectivity index (χ3v) is 8.73. The van der Waals surface area contributed by atoms with Gasteiger partial charge in [-0.3, -0.25) is 9.59 Å². The van der Waals surface area contributed by atoms with E-state index in [1.165, 1.54) is 6.26 Å². The molecule has 0 atom stereocenters. The van der Waals surface area contributed by atoms with Gasteiger partial charge >= 0.3 is 0 Å². The fourth-order valence-corrected chi connectivity index (χ4v) is 6.20. The van der Waals surface area contributed by atoms with Crippen LogP contribution in [0.2, 0.25) is 0 Å². The number of sulfone groups is 1. The summed E-state index contributed by atoms with van der Waals surface area (Å²) in [6.07, 6.45) is 2.57. The van der Waals surface area contributed by atoms with Crippen LogP contribution in [0.1, 0.15) is 18.6 Å². The number of halogens is 1. The molecule has 0 radical (unpaired) electrons. The summed E-state index contributed by atoms with van der Waals surface area (Å²) in [7, 11) is -3.25. The van der Waals surface area contributed by atoms with E-state index < -0.39 is 9.84 Å². The van der Waals surface area contributed by atoms with Crippen LogP contribution in [0.5, 0.6) is 0 Å². The normalized spacial score (nSPS) is 18.7. The number of carbonyl (C=O) groups is 2. The second-order valence-corrected chi connectivity index (χ2v) is 11.4. The molecule has 4 rings (SSSR count). The Morgan fingerprint density at radius 1 is 1.16 bits per heavy atom. The van der Waals surface area contributed by atoms with E-state index in [2.05, 4.69) is 0 Å². The molecule has 2 fully saturated rings. The molecular formula is C21H23ClN2O5S2. The topological polar surface area (TPSA) is 87.9 Å². The Labute approximate surface area is 190 Å². The van der Waals surface area contributed by atoms with Crippen molar-refractivity contribution in [2.75, 3.05) is 31.0 Å². The highest BCUT2D eigenvalue weighted by Crippen LogP contribution is 2.45. The SMILES string of the molecule is CS(=O)(=O)c1ccc(-c2ccc(CN3C(=O)CSC34CCN(C(=O)CCl)CC4)o2)cc1. The van der Waals surface area contributed by atoms with Gasteiger partial charge in [-0.25, -0.2) is 8.42 Å². The Morgan fingerprint density at radius 3 is 2.45 bits per heavy atom. The van der Waals surface area contributed by atoms with Crippen molar-refractivity contribution < 1.29 is 22.4 Å². The van der Waals surface area contributed by atoms with E-state index in [1.54, 1.807) is 40.9 Å². The van der Waals surface area contributed by atoms with E-state index in [-0.39, 0.29) is 27.5 Å². The zero-order valence-corrected chi connectivity index (χ0v) is 19.4. The van der Waals surface area contributed by atoms with Gasteiger partial charge in [0.05, 0.1) is 22.1 Å². The molecule has 0 unspecified atom stereocenters. The second kappa shape index (κ2) is 8.52. The molecular weight excluding hydrogens is 460 g/mol. The van der Waals surface area contributed by atoms with Gasteiger partial charge in [-0.15, -0.1) is 23.4 Å². The van der Waals surface area contributed by atoms with Crippen LogP contribution < -0.4 is 0 Å². The molecule has 2 aromatic rings. The van der Waals surface area contributed by atoms with Crippen molar-refractivity contribution in [1.82, 2.24) is 9.80 Å². The minimum absolute atomic E-state index is 0.0247. The van der Waals surface area contributed by atoms with Crippen molar-refractivity contribution >= 4 is 45.0 Å². The van der Waals surface area contributed by atoms with Crippen LogP contribution in [0.25, 0.3) is 11.3 Å². The van der Waals surface area contributed by atoms with Gasteiger partial charge in [0.15, 0.2) is 9.84 Å². The average Bonchev–Trinajstić information content (AvgIpc) is 3.34. The summed E-state index contributed by atoms with van der Waals surface area (Å²) < 4.78 is 29.3. The Kier molecular flexibility index (Phi) is 6.11. The van der Waals surface area contributed by atoms with Crippen LogP contribution in [-0.2, 0) is 26.0 Å². The summed E-state index contributed by atoms with van der Waals surface area (Å²) in [6, 6.07) is 10.2. The highest BCUT2D eigenvalue weighted by atomic mass is 35.5. The van der Waals surface area contributed by atoms with Crippen molar-refractivity contribution in [2.24, 2.45) is 0 Å². The first kappa shape index (κ1) is 22.2. The van der Waals surface area contributed by atoms with Crippen LogP contribution in [-0.4, -0.2) is 65.9 Å². The van der Waals surface area contributed by atoms with E-state index in [0.29, 0.717) is 49.7 Å². The number of piperidine rings is 1. The highest BCUT2D eigenvalue weighted by molar-refractivity contribution is 8.01. The van der Waals surface area contributed by atoms with Crippen molar-refractivity contribution in [3.63, 3.8) is 0 Å². The largest absolute Gasteiger partial charge is 0.459 e. The number of amides is 2. The fourth-order valence-electron chi connectivity index (χ4n) is 4.06. The maximum Gasteiger partial charge on any atom is 0.237 e. The quantitative estimate of drug-likeness (QED) is 0.609. The molecule has 31 heavy (non-hydrogen) atoms. The molecule has 2 aliphatic heterocycles. The monoisotopic (exact) mass is 482 g/mol. The first-order valence-electron chi connectivity index (χ1n) is 9.89. The van der Waals surface area contributed by atoms with E-state index in [4.69, 9.17) is 16.0 Å². The number of nitrogens with zero attached hydrogens (tertiary/aromatic N) is 2. The van der Waals surface area contributed by atoms with E-state index >= 15 is 0 Å². The van der Waals surface area contributed by atoms with Crippen molar-refractivity contribution in [3.05, 3.63) is 42.2 Å². The first-order valence-corrected chi connectivity index (χ1v) is 13.3. The van der Waals surface area contributed by atoms with Gasteiger partial charge in [0, 0.05) is 24.9 Å². The van der Waals surface area contributed by atoms with Crippen LogP contribution in [0.15, 0.2) is 45.7 Å². The van der Waals surface area contributed by atoms with Gasteiger partial charge in [0.25, 0.3) is 0 Å². The zero-order chi connectivity index (χ0) is 22.2. The van der Waals surface area contributed by atoms with E-state index in [0.717, 1.165) is 5.56 Å². The standard InChI is InChI=1S/C21H23ClN2O5S2/c1-31(27,28)17-5-2-15(3-6-17)18-7-4-16(29-18)13-24-20(26)14-30-21(24)8-10-23(11-9-21)19(25)12-22/h2-7H,8-14H2,1H3. The minimum atomic E-state index is -3.25. The first-order chi connectivity index (χ1) is 14.7. The molecule has 1 spiro atoms. The Hall–Kier alpha value is -1.97. The summed E-state index contributed by atoms with van der Waals surface area (Å²) in [5.41, 5.74) is 0.767. The molecule has 0 saturated carbocycles. The summed E-state index contributed by atoms with van der Waals surface area (Å²) >= 11 is 7.31. The lowest BCUT2D eigenvalue weighted by atomic mass is 10.0. The minimum Gasteiger partial charge on any atom is -0.459 e. The predicted octanol–water partition coefficient (Wildman–Crippen LogP) is 2.98. The fraction of sp³-hybridized carbons (Fsp3) is 0.429. The van der Waals surface area contributed by atoms with Crippen LogP contribution >= 0.6 is 23.4 Å². The lowest BCUT2D eigenvalue weighted by Gasteiger charge is -2.43. The van der Waals surface area contributed by atoms with Gasteiger partial charge in [-0.05, 0) is 49.2 Å². The van der Waals surface area contributed by atoms with Gasteiger partial charge in [0.1, 0.15) is 17.4 Å². The van der Waals surface area contributed by atoms with Gasteiger partial charge in [0.2, 0.25) is 11.8 Å². The molecule has 1 aromatic carbocycles. The number of rotatable bonds is 5. The summed E-state index contributed by atoms with van der Waals surface area (Å²) in [6.45, 7) is 1.52. The number of hydrogen-bond acceptors (Lipinski definition) is 6. The number of benzene rings is 1. The number of alkyl halides is 1. The van der Waals surface area contributed by atoms with Crippen LogP contribution in [0, 0.1) is 0 Å².